The quantitative estimate of drug-likeness (QED) is 0.312. The van der Waals surface area contributed by atoms with Gasteiger partial charge in [-0.15, -0.1) is 0 Å². The van der Waals surface area contributed by atoms with Crippen LogP contribution in [-0.2, 0) is 27.8 Å². The van der Waals surface area contributed by atoms with Crippen LogP contribution >= 0.6 is 23.4 Å². The Balaban J connectivity index is 1.82. The smallest absolute Gasteiger partial charge is 0.337 e. The van der Waals surface area contributed by atoms with Gasteiger partial charge in [0, 0.05) is 43.1 Å². The van der Waals surface area contributed by atoms with Crippen LogP contribution in [0.1, 0.15) is 27.9 Å². The van der Waals surface area contributed by atoms with Gasteiger partial charge in [-0.2, -0.15) is 11.8 Å². The summed E-state index contributed by atoms with van der Waals surface area (Å²) in [5.74, 6) is 0.421. The fourth-order valence-electron chi connectivity index (χ4n) is 3.72. The summed E-state index contributed by atoms with van der Waals surface area (Å²) in [4.78, 5) is 18.4. The third-order valence-corrected chi connectivity index (χ3v) is 7.94. The van der Waals surface area contributed by atoms with Crippen LogP contribution in [0.4, 0.5) is 0 Å². The summed E-state index contributed by atoms with van der Waals surface area (Å²) in [5.41, 5.74) is 2.50. The molecule has 7 nitrogen and oxygen atoms in total. The van der Waals surface area contributed by atoms with Gasteiger partial charge < -0.3 is 4.74 Å². The van der Waals surface area contributed by atoms with Crippen molar-refractivity contribution >= 4 is 39.4 Å². The van der Waals surface area contributed by atoms with Crippen molar-refractivity contribution in [1.29, 1.82) is 0 Å². The number of hydrogen-bond donors (Lipinski definition) is 1. The maximum atomic E-state index is 13.1. The molecule has 0 saturated carbocycles. The van der Waals surface area contributed by atoms with Crippen molar-refractivity contribution in [3.8, 4) is 0 Å². The highest BCUT2D eigenvalue weighted by molar-refractivity contribution is 7.98. The summed E-state index contributed by atoms with van der Waals surface area (Å²) in [6.07, 6.45) is 6.20. The van der Waals surface area contributed by atoms with Crippen molar-refractivity contribution < 1.29 is 17.9 Å². The van der Waals surface area contributed by atoms with E-state index in [4.69, 9.17) is 16.3 Å². The Morgan fingerprint density at radius 2 is 1.78 bits per heavy atom. The Hall–Kier alpha value is -2.43. The van der Waals surface area contributed by atoms with Crippen LogP contribution in [0.2, 0.25) is 5.02 Å². The zero-order valence-corrected chi connectivity index (χ0v) is 22.7. The minimum atomic E-state index is -3.72. The first kappa shape index (κ1) is 28.1. The molecule has 3 rings (SSSR count). The van der Waals surface area contributed by atoms with Gasteiger partial charge in [0.25, 0.3) is 0 Å². The largest absolute Gasteiger partial charge is 0.465 e. The Kier molecular flexibility index (Phi) is 10.8. The molecule has 10 heteroatoms. The summed E-state index contributed by atoms with van der Waals surface area (Å²) in [7, 11) is -2.37. The van der Waals surface area contributed by atoms with E-state index in [0.717, 1.165) is 16.9 Å². The van der Waals surface area contributed by atoms with Gasteiger partial charge in [0.2, 0.25) is 10.0 Å². The molecule has 0 bridgehead atoms. The second-order valence-electron chi connectivity index (χ2n) is 8.27. The molecule has 0 aliphatic rings. The lowest BCUT2D eigenvalue weighted by Gasteiger charge is -2.28. The SMILES string of the molecule is COC(=O)c1ccc(CN(Cc2cccnc2)CC(CCSC)NS(=O)(=O)c2ccc(Cl)cc2)cc1. The second-order valence-corrected chi connectivity index (χ2v) is 11.4. The molecular formula is C26H30ClN3O4S2. The Labute approximate surface area is 222 Å². The van der Waals surface area contributed by atoms with Gasteiger partial charge in [-0.3, -0.25) is 9.88 Å². The lowest BCUT2D eigenvalue weighted by molar-refractivity contribution is 0.0600. The Bertz CT molecular complexity index is 1210. The fourth-order valence-corrected chi connectivity index (χ4v) is 5.63. The van der Waals surface area contributed by atoms with Crippen molar-refractivity contribution in [1.82, 2.24) is 14.6 Å². The normalized spacial score (nSPS) is 12.4. The van der Waals surface area contributed by atoms with Gasteiger partial charge in [-0.25, -0.2) is 17.9 Å². The van der Waals surface area contributed by atoms with E-state index in [1.165, 1.54) is 19.2 Å². The molecule has 1 aromatic heterocycles. The minimum Gasteiger partial charge on any atom is -0.465 e. The standard InChI is InChI=1S/C26H30ClN3O4S2/c1-34-26(31)22-7-5-20(6-8-22)17-30(18-21-4-3-14-28-16-21)19-24(13-15-35-2)29-36(32,33)25-11-9-23(27)10-12-25/h3-12,14,16,24,29H,13,15,17-19H2,1-2H3. The van der Waals surface area contributed by atoms with E-state index >= 15 is 0 Å². The predicted octanol–water partition coefficient (Wildman–Crippen LogP) is 4.62. The van der Waals surface area contributed by atoms with Crippen LogP contribution in [0, 0.1) is 0 Å². The van der Waals surface area contributed by atoms with E-state index in [0.29, 0.717) is 36.6 Å². The van der Waals surface area contributed by atoms with Crippen molar-refractivity contribution in [2.24, 2.45) is 0 Å². The summed E-state index contributed by atoms with van der Waals surface area (Å²) in [5, 5.41) is 0.480. The van der Waals surface area contributed by atoms with E-state index in [1.807, 2.05) is 36.7 Å². The molecule has 0 amide bonds. The first-order valence-corrected chi connectivity index (χ1v) is 14.6. The van der Waals surface area contributed by atoms with Gasteiger partial charge in [-0.05, 0) is 72.0 Å². The molecule has 3 aromatic rings. The second kappa shape index (κ2) is 13.8. The number of benzene rings is 2. The van der Waals surface area contributed by atoms with E-state index < -0.39 is 10.0 Å². The summed E-state index contributed by atoms with van der Waals surface area (Å²) >= 11 is 7.61. The zero-order chi connectivity index (χ0) is 26.0. The number of aromatic nitrogens is 1. The van der Waals surface area contributed by atoms with Crippen LogP contribution in [0.25, 0.3) is 0 Å². The molecule has 0 aliphatic heterocycles. The first-order chi connectivity index (χ1) is 17.3. The number of methoxy groups -OCH3 is 1. The van der Waals surface area contributed by atoms with E-state index in [-0.39, 0.29) is 16.9 Å². The monoisotopic (exact) mass is 547 g/mol. The van der Waals surface area contributed by atoms with E-state index in [2.05, 4.69) is 14.6 Å². The molecular weight excluding hydrogens is 518 g/mol. The number of halogens is 1. The highest BCUT2D eigenvalue weighted by Crippen LogP contribution is 2.17. The van der Waals surface area contributed by atoms with Crippen molar-refractivity contribution in [2.75, 3.05) is 25.7 Å². The molecule has 0 saturated heterocycles. The number of nitrogens with one attached hydrogen (secondary N) is 1. The number of nitrogens with zero attached hydrogens (tertiary/aromatic N) is 2. The average molecular weight is 548 g/mol. The maximum absolute atomic E-state index is 13.1. The van der Waals surface area contributed by atoms with E-state index in [9.17, 15) is 13.2 Å². The first-order valence-electron chi connectivity index (χ1n) is 11.4. The number of carbonyl (C=O) groups excluding carboxylic acids is 1. The number of sulfonamides is 1. The highest BCUT2D eigenvalue weighted by Gasteiger charge is 2.23. The third kappa shape index (κ3) is 8.60. The van der Waals surface area contributed by atoms with Crippen LogP contribution in [0.5, 0.6) is 0 Å². The zero-order valence-electron chi connectivity index (χ0n) is 20.3. The lowest BCUT2D eigenvalue weighted by Crippen LogP contribution is -2.43. The number of rotatable bonds is 13. The predicted molar refractivity (Wildman–Crippen MR) is 145 cm³/mol. The van der Waals surface area contributed by atoms with Gasteiger partial charge in [0.1, 0.15) is 0 Å². The van der Waals surface area contributed by atoms with Crippen molar-refractivity contribution in [3.05, 3.63) is 94.8 Å². The van der Waals surface area contributed by atoms with Crippen LogP contribution in [-0.4, -0.2) is 56.0 Å². The number of hydrogen-bond acceptors (Lipinski definition) is 7. The molecule has 0 spiro atoms. The molecule has 1 atom stereocenters. The minimum absolute atomic E-state index is 0.179. The number of thioether (sulfide) groups is 1. The summed E-state index contributed by atoms with van der Waals surface area (Å²) < 4.78 is 33.9. The maximum Gasteiger partial charge on any atom is 0.337 e. The molecule has 1 heterocycles. The highest BCUT2D eigenvalue weighted by atomic mass is 35.5. The molecule has 1 unspecified atom stereocenters. The van der Waals surface area contributed by atoms with E-state index in [1.54, 1.807) is 42.2 Å². The molecule has 0 aliphatic carbocycles. The number of carbonyl (C=O) groups is 1. The molecule has 36 heavy (non-hydrogen) atoms. The van der Waals surface area contributed by atoms with Gasteiger partial charge in [0.15, 0.2) is 0 Å². The molecule has 0 radical (unpaired) electrons. The number of pyridine rings is 1. The molecule has 2 aromatic carbocycles. The summed E-state index contributed by atoms with van der Waals surface area (Å²) in [6.45, 7) is 1.64. The van der Waals surface area contributed by atoms with Crippen molar-refractivity contribution in [2.45, 2.75) is 30.4 Å². The van der Waals surface area contributed by atoms with Gasteiger partial charge in [0.05, 0.1) is 17.6 Å². The van der Waals surface area contributed by atoms with Gasteiger partial charge >= 0.3 is 5.97 Å². The van der Waals surface area contributed by atoms with Crippen LogP contribution < -0.4 is 4.72 Å². The number of ether oxygens (including phenoxy) is 1. The molecule has 1 N–H and O–H groups in total. The van der Waals surface area contributed by atoms with Crippen LogP contribution in [0.15, 0.2) is 78.0 Å². The Morgan fingerprint density at radius 1 is 1.08 bits per heavy atom. The van der Waals surface area contributed by atoms with Gasteiger partial charge in [-0.1, -0.05) is 29.8 Å². The third-order valence-electron chi connectivity index (χ3n) is 5.50. The summed E-state index contributed by atoms with van der Waals surface area (Å²) in [6, 6.07) is 17.0. The Morgan fingerprint density at radius 3 is 2.39 bits per heavy atom. The fraction of sp³-hybridized carbons (Fsp3) is 0.308. The van der Waals surface area contributed by atoms with Crippen LogP contribution in [0.3, 0.4) is 0 Å². The molecule has 192 valence electrons. The average Bonchev–Trinajstić information content (AvgIpc) is 2.88. The van der Waals surface area contributed by atoms with Crippen molar-refractivity contribution in [3.63, 3.8) is 0 Å². The topological polar surface area (TPSA) is 88.6 Å². The molecule has 0 fully saturated rings. The number of esters is 1. The lowest BCUT2D eigenvalue weighted by atomic mass is 10.1.